The number of carbonyl (C=O) groups excluding carboxylic acids is 1. The highest BCUT2D eigenvalue weighted by Crippen LogP contribution is 2.69. The molecular formula is C23H24F3N5O. The maximum atomic E-state index is 14.3. The number of alkyl halides is 3. The largest absolute Gasteiger partial charge is 0.398 e. The van der Waals surface area contributed by atoms with E-state index in [1.54, 1.807) is 35.4 Å². The number of rotatable bonds is 3. The minimum atomic E-state index is -4.43. The zero-order valence-electron chi connectivity index (χ0n) is 17.7. The van der Waals surface area contributed by atoms with Crippen LogP contribution in [0.2, 0.25) is 0 Å². The molecule has 1 saturated carbocycles. The number of nitrogens with one attached hydrogen (secondary N) is 1. The Kier molecular flexibility index (Phi) is 4.64. The zero-order valence-corrected chi connectivity index (χ0v) is 17.7. The lowest BCUT2D eigenvalue weighted by molar-refractivity contribution is -0.187. The van der Waals surface area contributed by atoms with Gasteiger partial charge in [0.15, 0.2) is 0 Å². The van der Waals surface area contributed by atoms with Gasteiger partial charge >= 0.3 is 6.18 Å². The van der Waals surface area contributed by atoms with Gasteiger partial charge in [-0.05, 0) is 63.7 Å². The second kappa shape index (κ2) is 7.07. The number of halogens is 3. The van der Waals surface area contributed by atoms with Crippen LogP contribution in [0.5, 0.6) is 0 Å². The number of fused-ring (bicyclic) bond motifs is 2. The number of nitrogens with zero attached hydrogens (tertiary/aromatic N) is 4. The van der Waals surface area contributed by atoms with Gasteiger partial charge in [0.1, 0.15) is 11.5 Å². The number of hydrogen-bond acceptors (Lipinski definition) is 5. The van der Waals surface area contributed by atoms with Crippen molar-refractivity contribution < 1.29 is 18.0 Å². The molecule has 6 nitrogen and oxygen atoms in total. The Morgan fingerprint density at radius 1 is 1.25 bits per heavy atom. The molecule has 3 aliphatic rings. The highest BCUT2D eigenvalue weighted by atomic mass is 19.4. The average Bonchev–Trinajstić information content (AvgIpc) is 3.28. The lowest BCUT2D eigenvalue weighted by Crippen LogP contribution is -2.49. The van der Waals surface area contributed by atoms with Crippen molar-refractivity contribution in [2.75, 3.05) is 38.1 Å². The van der Waals surface area contributed by atoms with Crippen molar-refractivity contribution in [1.29, 1.82) is 5.26 Å². The van der Waals surface area contributed by atoms with E-state index in [1.165, 1.54) is 0 Å². The zero-order chi connectivity index (χ0) is 22.7. The molecule has 2 unspecified atom stereocenters. The van der Waals surface area contributed by atoms with Gasteiger partial charge in [-0.2, -0.15) is 18.4 Å². The minimum Gasteiger partial charge on any atom is -0.368 e. The van der Waals surface area contributed by atoms with Gasteiger partial charge in [-0.3, -0.25) is 9.78 Å². The van der Waals surface area contributed by atoms with E-state index in [2.05, 4.69) is 21.3 Å². The number of anilines is 1. The first-order chi connectivity index (χ1) is 15.2. The SMILES string of the molecule is CN1CCC(C(=O)NC23CN(c4ccc(C#N)c5ncccc45)CC2(C(F)(F)F)C3)CC1. The predicted molar refractivity (Wildman–Crippen MR) is 113 cm³/mol. The third-order valence-corrected chi connectivity index (χ3v) is 7.52. The molecule has 3 fully saturated rings. The van der Waals surface area contributed by atoms with Gasteiger partial charge < -0.3 is 15.1 Å². The molecule has 2 aromatic rings. The maximum Gasteiger partial charge on any atom is 0.398 e. The molecular weight excluding hydrogens is 419 g/mol. The van der Waals surface area contributed by atoms with Gasteiger partial charge in [-0.25, -0.2) is 0 Å². The quantitative estimate of drug-likeness (QED) is 0.790. The summed E-state index contributed by atoms with van der Waals surface area (Å²) in [4.78, 5) is 21.0. The summed E-state index contributed by atoms with van der Waals surface area (Å²) in [6.45, 7) is 1.40. The molecule has 2 aliphatic heterocycles. The standard InChI is InChI=1S/C23H24F3N5O/c1-30-9-6-15(7-10-30)20(32)29-22-12-21(22,23(24,25)26)13-31(14-22)18-5-4-16(11-27)19-17(18)3-2-8-28-19/h2-5,8,15H,6-7,9-10,12-14H2,1H3,(H,29,32). The van der Waals surface area contributed by atoms with E-state index < -0.39 is 17.1 Å². The summed E-state index contributed by atoms with van der Waals surface area (Å²) in [5.41, 5.74) is -1.81. The van der Waals surface area contributed by atoms with Crippen molar-refractivity contribution in [1.82, 2.24) is 15.2 Å². The normalized spacial score (nSPS) is 28.4. The van der Waals surface area contributed by atoms with Crippen LogP contribution in [0, 0.1) is 22.7 Å². The number of hydrogen-bond donors (Lipinski definition) is 1. The summed E-state index contributed by atoms with van der Waals surface area (Å²) < 4.78 is 42.8. The Hall–Kier alpha value is -2.86. The van der Waals surface area contributed by atoms with Gasteiger partial charge in [0.2, 0.25) is 5.91 Å². The fraction of sp³-hybridized carbons (Fsp3) is 0.522. The van der Waals surface area contributed by atoms with Crippen LogP contribution in [0.4, 0.5) is 18.9 Å². The van der Waals surface area contributed by atoms with Crippen molar-refractivity contribution in [3.05, 3.63) is 36.0 Å². The predicted octanol–water partition coefficient (Wildman–Crippen LogP) is 3.08. The van der Waals surface area contributed by atoms with Crippen LogP contribution in [0.1, 0.15) is 24.8 Å². The molecule has 1 N–H and O–H groups in total. The molecule has 0 radical (unpaired) electrons. The average molecular weight is 443 g/mol. The third-order valence-electron chi connectivity index (χ3n) is 7.52. The molecule has 9 heteroatoms. The Morgan fingerprint density at radius 3 is 2.69 bits per heavy atom. The van der Waals surface area contributed by atoms with E-state index in [1.807, 2.05) is 7.05 Å². The van der Waals surface area contributed by atoms with Crippen LogP contribution in [-0.2, 0) is 4.79 Å². The summed E-state index contributed by atoms with van der Waals surface area (Å²) in [6, 6.07) is 8.85. The van der Waals surface area contributed by atoms with E-state index >= 15 is 0 Å². The molecule has 1 aliphatic carbocycles. The molecule has 0 bridgehead atoms. The maximum absolute atomic E-state index is 14.3. The van der Waals surface area contributed by atoms with Gasteiger partial charge in [0.05, 0.1) is 16.6 Å². The number of nitriles is 1. The molecule has 1 aromatic carbocycles. The summed E-state index contributed by atoms with van der Waals surface area (Å²) in [5.74, 6) is -0.515. The van der Waals surface area contributed by atoms with E-state index in [-0.39, 0.29) is 31.3 Å². The van der Waals surface area contributed by atoms with Crippen LogP contribution in [-0.4, -0.2) is 60.7 Å². The monoisotopic (exact) mass is 443 g/mol. The molecule has 5 rings (SSSR count). The topological polar surface area (TPSA) is 72.3 Å². The van der Waals surface area contributed by atoms with Crippen molar-refractivity contribution in [3.63, 3.8) is 0 Å². The van der Waals surface area contributed by atoms with E-state index in [0.717, 1.165) is 13.1 Å². The third kappa shape index (κ3) is 3.04. The van der Waals surface area contributed by atoms with Gasteiger partial charge in [0.25, 0.3) is 0 Å². The van der Waals surface area contributed by atoms with Crippen LogP contribution < -0.4 is 10.2 Å². The fourth-order valence-corrected chi connectivity index (χ4v) is 5.56. The first-order valence-electron chi connectivity index (χ1n) is 10.8. The highest BCUT2D eigenvalue weighted by molar-refractivity contribution is 5.95. The molecule has 32 heavy (non-hydrogen) atoms. The van der Waals surface area contributed by atoms with Crippen LogP contribution in [0.15, 0.2) is 30.5 Å². The molecule has 168 valence electrons. The summed E-state index contributed by atoms with van der Waals surface area (Å²) in [7, 11) is 1.98. The summed E-state index contributed by atoms with van der Waals surface area (Å²) in [6.07, 6.45) is -1.64. The van der Waals surface area contributed by atoms with E-state index in [9.17, 15) is 23.2 Å². The second-order valence-electron chi connectivity index (χ2n) is 9.41. The Balaban J connectivity index is 1.46. The molecule has 0 spiro atoms. The van der Waals surface area contributed by atoms with Crippen molar-refractivity contribution in [2.24, 2.45) is 11.3 Å². The molecule has 3 heterocycles. The van der Waals surface area contributed by atoms with Crippen LogP contribution in [0.25, 0.3) is 10.9 Å². The lowest BCUT2D eigenvalue weighted by atomic mass is 9.95. The minimum absolute atomic E-state index is 0.0841. The number of likely N-dealkylation sites (tertiary alicyclic amines) is 1. The molecule has 1 aromatic heterocycles. The summed E-state index contributed by atoms with van der Waals surface area (Å²) in [5, 5.41) is 12.9. The second-order valence-corrected chi connectivity index (χ2v) is 9.41. The van der Waals surface area contributed by atoms with Crippen molar-refractivity contribution in [2.45, 2.75) is 31.0 Å². The summed E-state index contributed by atoms with van der Waals surface area (Å²) >= 11 is 0. The smallest absolute Gasteiger partial charge is 0.368 e. The number of carbonyl (C=O) groups is 1. The van der Waals surface area contributed by atoms with Gasteiger partial charge in [-0.1, -0.05) is 0 Å². The number of benzene rings is 1. The Bertz CT molecular complexity index is 1120. The Morgan fingerprint density at radius 2 is 2.00 bits per heavy atom. The number of pyridine rings is 1. The first kappa shape index (κ1) is 21.0. The number of amides is 1. The molecule has 1 amide bonds. The highest BCUT2D eigenvalue weighted by Gasteiger charge is 2.84. The lowest BCUT2D eigenvalue weighted by Gasteiger charge is -2.30. The van der Waals surface area contributed by atoms with Crippen molar-refractivity contribution >= 4 is 22.5 Å². The van der Waals surface area contributed by atoms with Crippen LogP contribution >= 0.6 is 0 Å². The first-order valence-corrected chi connectivity index (χ1v) is 10.8. The van der Waals surface area contributed by atoms with Crippen molar-refractivity contribution in [3.8, 4) is 6.07 Å². The fourth-order valence-electron chi connectivity index (χ4n) is 5.56. The van der Waals surface area contributed by atoms with E-state index in [0.29, 0.717) is 35.0 Å². The van der Waals surface area contributed by atoms with Gasteiger partial charge in [0, 0.05) is 36.3 Å². The van der Waals surface area contributed by atoms with Gasteiger partial charge in [-0.15, -0.1) is 0 Å². The molecule has 2 saturated heterocycles. The molecule has 2 atom stereocenters. The van der Waals surface area contributed by atoms with E-state index in [4.69, 9.17) is 0 Å². The number of piperidine rings is 2. The van der Waals surface area contributed by atoms with Crippen LogP contribution in [0.3, 0.4) is 0 Å². The number of aromatic nitrogens is 1. The Labute approximate surface area is 184 Å².